The minimum Gasteiger partial charge on any atom is -0.429 e. The van der Waals surface area contributed by atoms with E-state index in [-0.39, 0.29) is 7.69 Å². The molecule has 1 radical (unpaired) electrons. The summed E-state index contributed by atoms with van der Waals surface area (Å²) in [6.07, 6.45) is 4.64. The van der Waals surface area contributed by atoms with Crippen LogP contribution in [-0.4, -0.2) is 40.2 Å². The van der Waals surface area contributed by atoms with Crippen molar-refractivity contribution < 1.29 is 20.3 Å². The Morgan fingerprint density at radius 3 is 1.33 bits per heavy atom. The Morgan fingerprint density at radius 2 is 1.13 bits per heavy atom. The van der Waals surface area contributed by atoms with Gasteiger partial charge in [-0.05, 0) is 12.8 Å². The summed E-state index contributed by atoms with van der Waals surface area (Å²) < 4.78 is 0. The molecule has 0 aromatic heterocycles. The van der Waals surface area contributed by atoms with E-state index < -0.39 is 12.2 Å². The molecule has 4 nitrogen and oxygen atoms in total. The van der Waals surface area contributed by atoms with Gasteiger partial charge in [0, 0.05) is 0 Å². The lowest BCUT2D eigenvalue weighted by Crippen LogP contribution is -2.25. The highest BCUT2D eigenvalue weighted by Gasteiger charge is 2.14. The fourth-order valence-corrected chi connectivity index (χ4v) is 1.21. The largest absolute Gasteiger partial charge is 0.482 e. The third kappa shape index (κ3) is 13.9. The van der Waals surface area contributed by atoms with Crippen molar-refractivity contribution in [2.45, 2.75) is 64.6 Å². The lowest BCUT2D eigenvalue weighted by molar-refractivity contribution is 0.00764. The van der Waals surface area contributed by atoms with Gasteiger partial charge in [0.25, 0.3) is 0 Å². The summed E-state index contributed by atoms with van der Waals surface area (Å²) in [7, 11) is 0. The molecular weight excluding hydrogens is 195 g/mol. The Balaban J connectivity index is 0. The first-order valence-electron chi connectivity index (χ1n) is 5.60. The average molecular weight is 219 g/mol. The first kappa shape index (κ1) is 17.3. The maximum Gasteiger partial charge on any atom is 0.482 e. The zero-order valence-corrected chi connectivity index (χ0v) is 9.76. The van der Waals surface area contributed by atoms with E-state index >= 15 is 0 Å². The van der Waals surface area contributed by atoms with E-state index in [2.05, 4.69) is 13.8 Å². The molecule has 0 aliphatic rings. The Labute approximate surface area is 93.3 Å². The zero-order chi connectivity index (χ0) is 12.1. The fourth-order valence-electron chi connectivity index (χ4n) is 1.21. The lowest BCUT2D eigenvalue weighted by Gasteiger charge is -2.16. The molecule has 0 saturated carbocycles. The third-order valence-corrected chi connectivity index (χ3v) is 2.15. The number of aliphatic hydroxyl groups excluding tert-OH is 2. The van der Waals surface area contributed by atoms with Crippen molar-refractivity contribution in [1.29, 1.82) is 0 Å². The summed E-state index contributed by atoms with van der Waals surface area (Å²) >= 11 is 0. The molecule has 0 spiro atoms. The van der Waals surface area contributed by atoms with Crippen LogP contribution in [0.25, 0.3) is 0 Å². The van der Waals surface area contributed by atoms with Gasteiger partial charge < -0.3 is 20.3 Å². The van der Waals surface area contributed by atoms with Gasteiger partial charge in [-0.25, -0.2) is 0 Å². The average Bonchev–Trinajstić information content (AvgIpc) is 2.23. The van der Waals surface area contributed by atoms with Crippen molar-refractivity contribution in [2.24, 2.45) is 0 Å². The summed E-state index contributed by atoms with van der Waals surface area (Å²) in [5.74, 6) is 0. The highest BCUT2D eigenvalue weighted by atomic mass is 16.4. The fraction of sp³-hybridized carbons (Fsp3) is 1.00. The first-order chi connectivity index (χ1) is 7.13. The molecule has 0 rings (SSSR count). The van der Waals surface area contributed by atoms with E-state index in [9.17, 15) is 10.2 Å². The molecule has 15 heavy (non-hydrogen) atoms. The number of hydrogen-bond acceptors (Lipinski definition) is 4. The van der Waals surface area contributed by atoms with Gasteiger partial charge >= 0.3 is 7.69 Å². The molecule has 0 heterocycles. The van der Waals surface area contributed by atoms with E-state index in [0.717, 1.165) is 38.5 Å². The van der Waals surface area contributed by atoms with Crippen LogP contribution in [0.4, 0.5) is 0 Å². The molecule has 0 aromatic carbocycles. The van der Waals surface area contributed by atoms with E-state index in [1.54, 1.807) is 0 Å². The van der Waals surface area contributed by atoms with E-state index in [1.807, 2.05) is 0 Å². The Kier molecular flexibility index (Phi) is 16.0. The SMILES string of the molecule is CCCCC(O)C(O)CCCC.O[B]O. The molecule has 0 aliphatic carbocycles. The van der Waals surface area contributed by atoms with Gasteiger partial charge in [0.15, 0.2) is 0 Å². The number of unbranched alkanes of at least 4 members (excludes halogenated alkanes) is 2. The molecule has 0 aromatic rings. The highest BCUT2D eigenvalue weighted by Crippen LogP contribution is 2.10. The van der Waals surface area contributed by atoms with Crippen LogP contribution >= 0.6 is 0 Å². The molecular formula is C10H24BO4. The number of rotatable bonds is 7. The Hall–Kier alpha value is -0.0951. The van der Waals surface area contributed by atoms with E-state index in [0.29, 0.717) is 0 Å². The molecule has 2 atom stereocenters. The quantitative estimate of drug-likeness (QED) is 0.472. The topological polar surface area (TPSA) is 80.9 Å². The van der Waals surface area contributed by atoms with E-state index in [4.69, 9.17) is 10.0 Å². The third-order valence-electron chi connectivity index (χ3n) is 2.15. The Bertz CT molecular complexity index is 102. The summed E-state index contributed by atoms with van der Waals surface area (Å²) in [6.45, 7) is 4.18. The zero-order valence-electron chi connectivity index (χ0n) is 9.76. The first-order valence-corrected chi connectivity index (χ1v) is 5.60. The number of hydrogen-bond donors (Lipinski definition) is 4. The van der Waals surface area contributed by atoms with Crippen molar-refractivity contribution in [3.05, 3.63) is 0 Å². The van der Waals surface area contributed by atoms with Gasteiger partial charge in [0.1, 0.15) is 0 Å². The van der Waals surface area contributed by atoms with Crippen LogP contribution in [0.1, 0.15) is 52.4 Å². The van der Waals surface area contributed by atoms with Crippen molar-refractivity contribution in [1.82, 2.24) is 0 Å². The van der Waals surface area contributed by atoms with Crippen LogP contribution in [0.5, 0.6) is 0 Å². The van der Waals surface area contributed by atoms with Crippen LogP contribution < -0.4 is 0 Å². The molecule has 5 heteroatoms. The van der Waals surface area contributed by atoms with Crippen LogP contribution in [0, 0.1) is 0 Å². The molecule has 91 valence electrons. The van der Waals surface area contributed by atoms with Gasteiger partial charge in [-0.1, -0.05) is 39.5 Å². The second-order valence-electron chi connectivity index (χ2n) is 3.53. The van der Waals surface area contributed by atoms with Gasteiger partial charge in [0.05, 0.1) is 12.2 Å². The minimum atomic E-state index is -0.503. The second kappa shape index (κ2) is 13.9. The maximum atomic E-state index is 9.43. The van der Waals surface area contributed by atoms with Crippen molar-refractivity contribution in [2.75, 3.05) is 0 Å². The predicted molar refractivity (Wildman–Crippen MR) is 61.3 cm³/mol. The standard InChI is InChI=1S/C10H22O2.BH2O2/c1-3-5-7-9(11)10(12)8-6-4-2;2-1-3/h9-12H,3-8H2,1-2H3;2-3H. The molecule has 4 N–H and O–H groups in total. The molecule has 0 bridgehead atoms. The lowest BCUT2D eigenvalue weighted by atomic mass is 10.0. The molecule has 0 amide bonds. The van der Waals surface area contributed by atoms with Crippen molar-refractivity contribution >= 4 is 7.69 Å². The van der Waals surface area contributed by atoms with Gasteiger partial charge in [-0.3, -0.25) is 0 Å². The smallest absolute Gasteiger partial charge is 0.429 e. The van der Waals surface area contributed by atoms with Gasteiger partial charge in [-0.2, -0.15) is 0 Å². The van der Waals surface area contributed by atoms with Crippen LogP contribution in [0.2, 0.25) is 0 Å². The minimum absolute atomic E-state index is 0. The van der Waals surface area contributed by atoms with Crippen LogP contribution in [0.15, 0.2) is 0 Å². The van der Waals surface area contributed by atoms with Gasteiger partial charge in [-0.15, -0.1) is 0 Å². The summed E-state index contributed by atoms with van der Waals surface area (Å²) in [5, 5.41) is 32.9. The van der Waals surface area contributed by atoms with E-state index in [1.165, 1.54) is 0 Å². The van der Waals surface area contributed by atoms with Crippen LogP contribution in [0.3, 0.4) is 0 Å². The molecule has 0 saturated heterocycles. The molecule has 0 fully saturated rings. The summed E-state index contributed by atoms with van der Waals surface area (Å²) in [5.41, 5.74) is 0. The van der Waals surface area contributed by atoms with Gasteiger partial charge in [0.2, 0.25) is 0 Å². The summed E-state index contributed by atoms with van der Waals surface area (Å²) in [4.78, 5) is 0. The Morgan fingerprint density at radius 1 is 0.867 bits per heavy atom. The highest BCUT2D eigenvalue weighted by molar-refractivity contribution is 6.13. The second-order valence-corrected chi connectivity index (χ2v) is 3.53. The van der Waals surface area contributed by atoms with Crippen LogP contribution in [-0.2, 0) is 0 Å². The monoisotopic (exact) mass is 219 g/mol. The normalized spacial score (nSPS) is 13.7. The predicted octanol–water partition coefficient (Wildman–Crippen LogP) is 0.594. The number of aliphatic hydroxyl groups is 2. The maximum absolute atomic E-state index is 9.43. The molecule has 2 unspecified atom stereocenters. The van der Waals surface area contributed by atoms with Crippen molar-refractivity contribution in [3.8, 4) is 0 Å². The molecule has 0 aliphatic heterocycles. The van der Waals surface area contributed by atoms with Crippen molar-refractivity contribution in [3.63, 3.8) is 0 Å². The summed E-state index contributed by atoms with van der Waals surface area (Å²) in [6, 6.07) is 0.